The second kappa shape index (κ2) is 5.89. The molecule has 0 amide bonds. The number of carbonyl (C=O) groups is 2. The Morgan fingerprint density at radius 3 is 2.27 bits per heavy atom. The van der Waals surface area contributed by atoms with Crippen LogP contribution >= 0.6 is 0 Å². The van der Waals surface area contributed by atoms with E-state index in [1.165, 1.54) is 7.11 Å². The minimum absolute atomic E-state index is 0.200. The van der Waals surface area contributed by atoms with Crippen LogP contribution in [-0.2, 0) is 14.3 Å². The van der Waals surface area contributed by atoms with Gasteiger partial charge in [0.2, 0.25) is 0 Å². The van der Waals surface area contributed by atoms with Crippen LogP contribution in [0, 0.1) is 11.8 Å². The van der Waals surface area contributed by atoms with Gasteiger partial charge in [-0.2, -0.15) is 0 Å². The fraction of sp³-hybridized carbons (Fsp3) is 0.833. The zero-order valence-corrected chi connectivity index (χ0v) is 9.62. The number of rotatable bonds is 4. The van der Waals surface area contributed by atoms with Crippen molar-refractivity contribution in [3.05, 3.63) is 0 Å². The van der Waals surface area contributed by atoms with Crippen LogP contribution in [0.1, 0.15) is 45.4 Å². The van der Waals surface area contributed by atoms with Gasteiger partial charge in [0, 0.05) is 12.3 Å². The van der Waals surface area contributed by atoms with E-state index in [9.17, 15) is 9.59 Å². The SMILES string of the molecule is COC(=O)CCC(=O)C1CCC(C)CC1. The van der Waals surface area contributed by atoms with Gasteiger partial charge < -0.3 is 4.74 Å². The summed E-state index contributed by atoms with van der Waals surface area (Å²) in [5.74, 6) is 0.917. The van der Waals surface area contributed by atoms with Crippen molar-refractivity contribution in [3.8, 4) is 0 Å². The van der Waals surface area contributed by atoms with Gasteiger partial charge in [0.25, 0.3) is 0 Å². The molecular weight excluding hydrogens is 192 g/mol. The van der Waals surface area contributed by atoms with Crippen molar-refractivity contribution in [2.45, 2.75) is 45.4 Å². The second-order valence-electron chi connectivity index (χ2n) is 4.50. The van der Waals surface area contributed by atoms with Crippen molar-refractivity contribution >= 4 is 11.8 Å². The van der Waals surface area contributed by atoms with E-state index in [0.717, 1.165) is 31.6 Å². The van der Waals surface area contributed by atoms with Crippen molar-refractivity contribution < 1.29 is 14.3 Å². The standard InChI is InChI=1S/C12H20O3/c1-9-3-5-10(6-4-9)11(13)7-8-12(14)15-2/h9-10H,3-8H2,1-2H3. The van der Waals surface area contributed by atoms with Gasteiger partial charge in [0.05, 0.1) is 13.5 Å². The number of Topliss-reactive ketones (excluding diaryl/α,β-unsaturated/α-hetero) is 1. The molecule has 0 atom stereocenters. The van der Waals surface area contributed by atoms with E-state index in [2.05, 4.69) is 11.7 Å². The predicted octanol–water partition coefficient (Wildman–Crippen LogP) is 2.33. The third kappa shape index (κ3) is 4.02. The highest BCUT2D eigenvalue weighted by Crippen LogP contribution is 2.29. The monoisotopic (exact) mass is 212 g/mol. The highest BCUT2D eigenvalue weighted by molar-refractivity contribution is 5.84. The average molecular weight is 212 g/mol. The maximum atomic E-state index is 11.7. The van der Waals surface area contributed by atoms with Gasteiger partial charge in [0.15, 0.2) is 0 Å². The molecule has 0 saturated heterocycles. The topological polar surface area (TPSA) is 43.4 Å². The van der Waals surface area contributed by atoms with Gasteiger partial charge in [-0.05, 0) is 18.8 Å². The number of carbonyl (C=O) groups excluding carboxylic acids is 2. The highest BCUT2D eigenvalue weighted by atomic mass is 16.5. The van der Waals surface area contributed by atoms with Gasteiger partial charge in [0.1, 0.15) is 5.78 Å². The number of esters is 1. The fourth-order valence-corrected chi connectivity index (χ4v) is 2.11. The van der Waals surface area contributed by atoms with E-state index in [0.29, 0.717) is 6.42 Å². The zero-order valence-electron chi connectivity index (χ0n) is 9.62. The molecule has 0 bridgehead atoms. The van der Waals surface area contributed by atoms with E-state index >= 15 is 0 Å². The lowest BCUT2D eigenvalue weighted by Crippen LogP contribution is -2.21. The Morgan fingerprint density at radius 1 is 1.13 bits per heavy atom. The first-order chi connectivity index (χ1) is 7.13. The first-order valence-electron chi connectivity index (χ1n) is 5.73. The van der Waals surface area contributed by atoms with Gasteiger partial charge in [-0.1, -0.05) is 19.8 Å². The van der Waals surface area contributed by atoms with Gasteiger partial charge in [-0.25, -0.2) is 0 Å². The summed E-state index contributed by atoms with van der Waals surface area (Å²) in [7, 11) is 1.36. The number of ether oxygens (including phenoxy) is 1. The minimum atomic E-state index is -0.285. The molecule has 1 saturated carbocycles. The molecule has 1 aliphatic rings. The molecular formula is C12H20O3. The van der Waals surface area contributed by atoms with Crippen LogP contribution in [0.25, 0.3) is 0 Å². The number of methoxy groups -OCH3 is 1. The Hall–Kier alpha value is -0.860. The molecule has 0 spiro atoms. The molecule has 0 radical (unpaired) electrons. The predicted molar refractivity (Wildman–Crippen MR) is 57.4 cm³/mol. The summed E-state index contributed by atoms with van der Waals surface area (Å²) in [5, 5.41) is 0. The smallest absolute Gasteiger partial charge is 0.305 e. The van der Waals surface area contributed by atoms with Gasteiger partial charge >= 0.3 is 5.97 Å². The van der Waals surface area contributed by atoms with E-state index in [1.54, 1.807) is 0 Å². The van der Waals surface area contributed by atoms with Crippen molar-refractivity contribution in [2.75, 3.05) is 7.11 Å². The van der Waals surface area contributed by atoms with Crippen LogP contribution in [0.3, 0.4) is 0 Å². The maximum Gasteiger partial charge on any atom is 0.305 e. The number of hydrogen-bond donors (Lipinski definition) is 0. The highest BCUT2D eigenvalue weighted by Gasteiger charge is 2.24. The van der Waals surface area contributed by atoms with E-state index in [4.69, 9.17) is 0 Å². The Labute approximate surface area is 91.2 Å². The van der Waals surface area contributed by atoms with Crippen molar-refractivity contribution in [3.63, 3.8) is 0 Å². The van der Waals surface area contributed by atoms with E-state index in [1.807, 2.05) is 0 Å². The summed E-state index contributed by atoms with van der Waals surface area (Å²) in [6.07, 6.45) is 4.89. The molecule has 1 fully saturated rings. The largest absolute Gasteiger partial charge is 0.469 e. The van der Waals surface area contributed by atoms with Crippen LogP contribution < -0.4 is 0 Å². The molecule has 0 heterocycles. The summed E-state index contributed by atoms with van der Waals surface area (Å²) in [4.78, 5) is 22.6. The third-order valence-corrected chi connectivity index (χ3v) is 3.27. The molecule has 1 aliphatic carbocycles. The van der Waals surface area contributed by atoms with Crippen LogP contribution in [-0.4, -0.2) is 18.9 Å². The molecule has 0 aromatic rings. The molecule has 86 valence electrons. The molecule has 0 aromatic heterocycles. The van der Waals surface area contributed by atoms with Crippen molar-refractivity contribution in [1.29, 1.82) is 0 Å². The Kier molecular flexibility index (Phi) is 4.79. The summed E-state index contributed by atoms with van der Waals surface area (Å²) >= 11 is 0. The van der Waals surface area contributed by atoms with E-state index in [-0.39, 0.29) is 24.1 Å². The molecule has 0 aliphatic heterocycles. The molecule has 3 heteroatoms. The fourth-order valence-electron chi connectivity index (χ4n) is 2.11. The zero-order chi connectivity index (χ0) is 11.3. The quantitative estimate of drug-likeness (QED) is 0.672. The number of hydrogen-bond acceptors (Lipinski definition) is 3. The van der Waals surface area contributed by atoms with E-state index < -0.39 is 0 Å². The third-order valence-electron chi connectivity index (χ3n) is 3.27. The Bertz CT molecular complexity index is 227. The lowest BCUT2D eigenvalue weighted by atomic mass is 9.80. The molecule has 15 heavy (non-hydrogen) atoms. The van der Waals surface area contributed by atoms with Crippen molar-refractivity contribution in [2.24, 2.45) is 11.8 Å². The average Bonchev–Trinajstić information content (AvgIpc) is 2.26. The second-order valence-corrected chi connectivity index (χ2v) is 4.50. The van der Waals surface area contributed by atoms with Crippen molar-refractivity contribution in [1.82, 2.24) is 0 Å². The summed E-state index contributed by atoms with van der Waals surface area (Å²) < 4.78 is 4.51. The maximum absolute atomic E-state index is 11.7. The Morgan fingerprint density at radius 2 is 1.73 bits per heavy atom. The molecule has 3 nitrogen and oxygen atoms in total. The Balaban J connectivity index is 2.25. The summed E-state index contributed by atoms with van der Waals surface area (Å²) in [6.45, 7) is 2.23. The van der Waals surface area contributed by atoms with Crippen LogP contribution in [0.15, 0.2) is 0 Å². The molecule has 0 aromatic carbocycles. The van der Waals surface area contributed by atoms with Crippen LogP contribution in [0.4, 0.5) is 0 Å². The molecule has 0 unspecified atom stereocenters. The number of ketones is 1. The first-order valence-corrected chi connectivity index (χ1v) is 5.73. The van der Waals surface area contributed by atoms with Gasteiger partial charge in [-0.3, -0.25) is 9.59 Å². The van der Waals surface area contributed by atoms with Crippen LogP contribution in [0.2, 0.25) is 0 Å². The summed E-state index contributed by atoms with van der Waals surface area (Å²) in [5.41, 5.74) is 0. The normalized spacial score (nSPS) is 26.0. The lowest BCUT2D eigenvalue weighted by Gasteiger charge is -2.24. The van der Waals surface area contributed by atoms with Crippen LogP contribution in [0.5, 0.6) is 0 Å². The molecule has 0 N–H and O–H groups in total. The minimum Gasteiger partial charge on any atom is -0.469 e. The summed E-state index contributed by atoms with van der Waals surface area (Å²) in [6, 6.07) is 0. The van der Waals surface area contributed by atoms with Gasteiger partial charge in [-0.15, -0.1) is 0 Å². The molecule has 1 rings (SSSR count). The lowest BCUT2D eigenvalue weighted by molar-refractivity contribution is -0.142. The first kappa shape index (κ1) is 12.2.